The minimum Gasteiger partial charge on any atom is -0.399 e. The second-order valence-electron chi connectivity index (χ2n) is 6.87. The molecule has 0 amide bonds. The molecule has 0 aliphatic carbocycles. The highest BCUT2D eigenvalue weighted by Gasteiger charge is 2.02. The van der Waals surface area contributed by atoms with E-state index >= 15 is 0 Å². The molecule has 28 heavy (non-hydrogen) atoms. The van der Waals surface area contributed by atoms with Crippen molar-refractivity contribution in [1.29, 1.82) is 0 Å². The average Bonchev–Trinajstić information content (AvgIpc) is 2.71. The van der Waals surface area contributed by atoms with Gasteiger partial charge in [-0.25, -0.2) is 0 Å². The molecule has 0 heterocycles. The SMILES string of the molecule is Cc1ccccc1-c1ccccc1C.Nc1ccc(-c2ccc(N)cc2)cc1. The first kappa shape index (κ1) is 19.2. The van der Waals surface area contributed by atoms with Gasteiger partial charge in [0.25, 0.3) is 0 Å². The van der Waals surface area contributed by atoms with E-state index in [0.29, 0.717) is 0 Å². The van der Waals surface area contributed by atoms with Crippen molar-refractivity contribution in [3.8, 4) is 22.3 Å². The van der Waals surface area contributed by atoms with Crippen LogP contribution in [0.4, 0.5) is 11.4 Å². The lowest BCUT2D eigenvalue weighted by Crippen LogP contribution is -1.85. The van der Waals surface area contributed by atoms with Crippen molar-refractivity contribution in [2.75, 3.05) is 11.5 Å². The maximum absolute atomic E-state index is 5.61. The molecule has 4 rings (SSSR count). The van der Waals surface area contributed by atoms with Gasteiger partial charge in [-0.05, 0) is 71.5 Å². The Balaban J connectivity index is 0.000000161. The molecule has 140 valence electrons. The molecule has 2 nitrogen and oxygen atoms in total. The Morgan fingerprint density at radius 1 is 0.429 bits per heavy atom. The quantitative estimate of drug-likeness (QED) is 0.398. The van der Waals surface area contributed by atoms with Crippen molar-refractivity contribution < 1.29 is 0 Å². The van der Waals surface area contributed by atoms with Crippen molar-refractivity contribution in [3.63, 3.8) is 0 Å². The van der Waals surface area contributed by atoms with E-state index in [1.165, 1.54) is 22.3 Å². The van der Waals surface area contributed by atoms with Crippen molar-refractivity contribution in [2.45, 2.75) is 13.8 Å². The van der Waals surface area contributed by atoms with Gasteiger partial charge in [0.1, 0.15) is 0 Å². The van der Waals surface area contributed by atoms with Crippen molar-refractivity contribution >= 4 is 11.4 Å². The molecule has 0 aliphatic heterocycles. The van der Waals surface area contributed by atoms with Gasteiger partial charge >= 0.3 is 0 Å². The lowest BCUT2D eigenvalue weighted by atomic mass is 9.97. The van der Waals surface area contributed by atoms with E-state index < -0.39 is 0 Å². The number of aryl methyl sites for hydroxylation is 2. The molecule has 4 N–H and O–H groups in total. The largest absolute Gasteiger partial charge is 0.399 e. The highest BCUT2D eigenvalue weighted by molar-refractivity contribution is 5.70. The molecule has 4 aromatic carbocycles. The molecule has 0 unspecified atom stereocenters. The van der Waals surface area contributed by atoms with Crippen LogP contribution in [-0.4, -0.2) is 0 Å². The van der Waals surface area contributed by atoms with Crippen LogP contribution in [0.15, 0.2) is 97.1 Å². The van der Waals surface area contributed by atoms with Gasteiger partial charge in [-0.3, -0.25) is 0 Å². The second-order valence-corrected chi connectivity index (χ2v) is 6.87. The zero-order chi connectivity index (χ0) is 19.9. The fourth-order valence-electron chi connectivity index (χ4n) is 3.10. The molecule has 0 saturated heterocycles. The lowest BCUT2D eigenvalue weighted by molar-refractivity contribution is 1.41. The van der Waals surface area contributed by atoms with Gasteiger partial charge in [0.15, 0.2) is 0 Å². The zero-order valence-corrected chi connectivity index (χ0v) is 16.4. The summed E-state index contributed by atoms with van der Waals surface area (Å²) >= 11 is 0. The molecule has 0 bridgehead atoms. The first-order valence-corrected chi connectivity index (χ1v) is 9.37. The Morgan fingerprint density at radius 3 is 1.07 bits per heavy atom. The van der Waals surface area contributed by atoms with Gasteiger partial charge in [0, 0.05) is 11.4 Å². The van der Waals surface area contributed by atoms with Crippen LogP contribution in [0.2, 0.25) is 0 Å². The number of anilines is 2. The predicted molar refractivity (Wildman–Crippen MR) is 122 cm³/mol. The molecular formula is C26H26N2. The molecule has 0 fully saturated rings. The van der Waals surface area contributed by atoms with Gasteiger partial charge in [-0.15, -0.1) is 0 Å². The number of benzene rings is 4. The first-order valence-electron chi connectivity index (χ1n) is 9.37. The summed E-state index contributed by atoms with van der Waals surface area (Å²) in [5, 5.41) is 0. The topological polar surface area (TPSA) is 52.0 Å². The van der Waals surface area contributed by atoms with Crippen LogP contribution in [0.3, 0.4) is 0 Å². The van der Waals surface area contributed by atoms with Gasteiger partial charge in [0.2, 0.25) is 0 Å². The number of hydrogen-bond donors (Lipinski definition) is 2. The molecule has 0 spiro atoms. The molecule has 2 heteroatoms. The maximum Gasteiger partial charge on any atom is 0.0314 e. The average molecular weight is 367 g/mol. The smallest absolute Gasteiger partial charge is 0.0314 e. The van der Waals surface area contributed by atoms with Crippen LogP contribution in [0.25, 0.3) is 22.3 Å². The summed E-state index contributed by atoms with van der Waals surface area (Å²) in [5.74, 6) is 0. The highest BCUT2D eigenvalue weighted by Crippen LogP contribution is 2.25. The summed E-state index contributed by atoms with van der Waals surface area (Å²) < 4.78 is 0. The number of nitrogen functional groups attached to an aromatic ring is 2. The van der Waals surface area contributed by atoms with E-state index in [1.807, 2.05) is 48.5 Å². The summed E-state index contributed by atoms with van der Waals surface area (Å²) in [7, 11) is 0. The van der Waals surface area contributed by atoms with Crippen LogP contribution < -0.4 is 11.5 Å². The fraction of sp³-hybridized carbons (Fsp3) is 0.0769. The second kappa shape index (κ2) is 8.92. The van der Waals surface area contributed by atoms with E-state index in [2.05, 4.69) is 62.4 Å². The summed E-state index contributed by atoms with van der Waals surface area (Å²) in [6.07, 6.45) is 0. The van der Waals surface area contributed by atoms with E-state index in [4.69, 9.17) is 11.5 Å². The van der Waals surface area contributed by atoms with E-state index in [1.54, 1.807) is 0 Å². The summed E-state index contributed by atoms with van der Waals surface area (Å²) in [6.45, 7) is 4.31. The molecule has 0 aromatic heterocycles. The standard InChI is InChI=1S/C14H14.C12H12N2/c1-11-7-3-5-9-13(11)14-10-6-4-8-12(14)2;13-11-5-1-9(2-6-11)10-3-7-12(14)8-4-10/h3-10H,1-2H3;1-8H,13-14H2. The third-order valence-corrected chi connectivity index (χ3v) is 4.74. The van der Waals surface area contributed by atoms with Gasteiger partial charge in [0.05, 0.1) is 0 Å². The Labute approximate surface area is 167 Å². The Kier molecular flexibility index (Phi) is 6.13. The minimum atomic E-state index is 0.782. The van der Waals surface area contributed by atoms with E-state index in [0.717, 1.165) is 22.5 Å². The molecule has 4 aromatic rings. The zero-order valence-electron chi connectivity index (χ0n) is 16.4. The first-order chi connectivity index (χ1) is 13.5. The molecule has 0 saturated carbocycles. The predicted octanol–water partition coefficient (Wildman–Crippen LogP) is 6.49. The third kappa shape index (κ3) is 4.80. The van der Waals surface area contributed by atoms with Gasteiger partial charge in [-0.1, -0.05) is 72.8 Å². The monoisotopic (exact) mass is 366 g/mol. The number of rotatable bonds is 2. The van der Waals surface area contributed by atoms with Gasteiger partial charge < -0.3 is 11.5 Å². The number of nitrogens with two attached hydrogens (primary N) is 2. The molecule has 0 aliphatic rings. The van der Waals surface area contributed by atoms with E-state index in [9.17, 15) is 0 Å². The van der Waals surface area contributed by atoms with Crippen LogP contribution in [0, 0.1) is 13.8 Å². The van der Waals surface area contributed by atoms with Gasteiger partial charge in [-0.2, -0.15) is 0 Å². The molecule has 0 radical (unpaired) electrons. The maximum atomic E-state index is 5.61. The Morgan fingerprint density at radius 2 is 0.750 bits per heavy atom. The lowest BCUT2D eigenvalue weighted by Gasteiger charge is -2.08. The van der Waals surface area contributed by atoms with Crippen molar-refractivity contribution in [2.24, 2.45) is 0 Å². The molecular weight excluding hydrogens is 340 g/mol. The van der Waals surface area contributed by atoms with Crippen LogP contribution in [-0.2, 0) is 0 Å². The van der Waals surface area contributed by atoms with Crippen LogP contribution in [0.1, 0.15) is 11.1 Å². The minimum absolute atomic E-state index is 0.782. The van der Waals surface area contributed by atoms with Crippen molar-refractivity contribution in [3.05, 3.63) is 108 Å². The van der Waals surface area contributed by atoms with Crippen molar-refractivity contribution in [1.82, 2.24) is 0 Å². The Hall–Kier alpha value is -3.52. The Bertz CT molecular complexity index is 945. The van der Waals surface area contributed by atoms with Crippen LogP contribution in [0.5, 0.6) is 0 Å². The summed E-state index contributed by atoms with van der Waals surface area (Å²) in [5.41, 5.74) is 20.4. The number of hydrogen-bond acceptors (Lipinski definition) is 2. The van der Waals surface area contributed by atoms with E-state index in [-0.39, 0.29) is 0 Å². The third-order valence-electron chi connectivity index (χ3n) is 4.74. The van der Waals surface area contributed by atoms with Crippen LogP contribution >= 0.6 is 0 Å². The normalized spacial score (nSPS) is 10.1. The summed E-state index contributed by atoms with van der Waals surface area (Å²) in [4.78, 5) is 0. The highest BCUT2D eigenvalue weighted by atomic mass is 14.5. The summed E-state index contributed by atoms with van der Waals surface area (Å²) in [6, 6.07) is 32.6. The molecule has 0 atom stereocenters. The fourth-order valence-corrected chi connectivity index (χ4v) is 3.10.